The number of carbonyl (C=O) groups is 1. The molecule has 0 bridgehead atoms. The second kappa shape index (κ2) is 5.88. The van der Waals surface area contributed by atoms with Crippen molar-refractivity contribution in [3.63, 3.8) is 0 Å². The van der Waals surface area contributed by atoms with Gasteiger partial charge in [0.15, 0.2) is 0 Å². The van der Waals surface area contributed by atoms with Gasteiger partial charge in [0, 0.05) is 25.7 Å². The first-order valence-electron chi connectivity index (χ1n) is 7.32. The molecular formula is C16H19FN4O. The fourth-order valence-electron chi connectivity index (χ4n) is 2.99. The predicted octanol–water partition coefficient (Wildman–Crippen LogP) is 1.58. The maximum Gasteiger partial charge on any atom is 0.234 e. The topological polar surface area (TPSA) is 64.2 Å². The molecule has 0 radical (unpaired) electrons. The highest BCUT2D eigenvalue weighted by Crippen LogP contribution is 2.24. The van der Waals surface area contributed by atoms with E-state index in [2.05, 4.69) is 5.10 Å². The summed E-state index contributed by atoms with van der Waals surface area (Å²) in [5.74, 6) is -0.470. The minimum absolute atomic E-state index is 0.174. The summed E-state index contributed by atoms with van der Waals surface area (Å²) in [4.78, 5) is 13.3. The highest BCUT2D eigenvalue weighted by atomic mass is 19.1. The molecule has 1 amide bonds. The van der Waals surface area contributed by atoms with E-state index in [4.69, 9.17) is 5.73 Å². The Labute approximate surface area is 128 Å². The molecule has 1 aliphatic rings. The van der Waals surface area contributed by atoms with Crippen molar-refractivity contribution in [3.05, 3.63) is 47.8 Å². The summed E-state index contributed by atoms with van der Waals surface area (Å²) in [6, 6.07) is 9.26. The van der Waals surface area contributed by atoms with Gasteiger partial charge in [0.1, 0.15) is 6.17 Å². The van der Waals surface area contributed by atoms with Crippen LogP contribution in [0.25, 0.3) is 5.69 Å². The van der Waals surface area contributed by atoms with Crippen molar-refractivity contribution in [1.29, 1.82) is 0 Å². The number of nitrogens with two attached hydrogens (primary N) is 1. The van der Waals surface area contributed by atoms with E-state index in [1.54, 1.807) is 11.1 Å². The Bertz CT molecular complexity index is 684. The molecule has 0 saturated carbocycles. The molecule has 2 N–H and O–H groups in total. The number of amides is 1. The first-order valence-corrected chi connectivity index (χ1v) is 7.32. The van der Waals surface area contributed by atoms with E-state index in [1.807, 2.05) is 41.9 Å². The van der Waals surface area contributed by atoms with Crippen LogP contribution in [0.3, 0.4) is 0 Å². The molecule has 0 unspecified atom stereocenters. The number of aryl methyl sites for hydroxylation is 1. The molecule has 6 heteroatoms. The number of halogens is 1. The normalized spacial score (nSPS) is 22.1. The maximum atomic E-state index is 13.6. The molecular weight excluding hydrogens is 283 g/mol. The molecule has 1 aliphatic heterocycles. The molecule has 0 aliphatic carbocycles. The molecule has 2 atom stereocenters. The quantitative estimate of drug-likeness (QED) is 0.932. The van der Waals surface area contributed by atoms with Gasteiger partial charge in [-0.15, -0.1) is 0 Å². The van der Waals surface area contributed by atoms with E-state index >= 15 is 0 Å². The van der Waals surface area contributed by atoms with Crippen LogP contribution in [0.2, 0.25) is 0 Å². The summed E-state index contributed by atoms with van der Waals surface area (Å²) in [6.45, 7) is 2.69. The van der Waals surface area contributed by atoms with Crippen LogP contribution in [-0.2, 0) is 11.3 Å². The number of rotatable bonds is 4. The van der Waals surface area contributed by atoms with Gasteiger partial charge in [0.25, 0.3) is 0 Å². The van der Waals surface area contributed by atoms with Gasteiger partial charge in [-0.2, -0.15) is 5.10 Å². The van der Waals surface area contributed by atoms with Gasteiger partial charge in [-0.05, 0) is 24.6 Å². The Morgan fingerprint density at radius 1 is 1.41 bits per heavy atom. The van der Waals surface area contributed by atoms with Gasteiger partial charge in [-0.1, -0.05) is 18.2 Å². The minimum Gasteiger partial charge on any atom is -0.368 e. The molecule has 1 fully saturated rings. The Balaban J connectivity index is 1.87. The minimum atomic E-state index is -1.01. The van der Waals surface area contributed by atoms with Crippen molar-refractivity contribution < 1.29 is 9.18 Å². The zero-order chi connectivity index (χ0) is 15.7. The monoisotopic (exact) mass is 302 g/mol. The predicted molar refractivity (Wildman–Crippen MR) is 81.2 cm³/mol. The average molecular weight is 302 g/mol. The number of para-hydroxylation sites is 1. The summed E-state index contributed by atoms with van der Waals surface area (Å²) >= 11 is 0. The number of alkyl halides is 1. The van der Waals surface area contributed by atoms with Crippen LogP contribution in [-0.4, -0.2) is 39.3 Å². The molecule has 2 heterocycles. The smallest absolute Gasteiger partial charge is 0.234 e. The first kappa shape index (κ1) is 14.7. The van der Waals surface area contributed by atoms with Crippen molar-refractivity contribution in [2.45, 2.75) is 32.1 Å². The Morgan fingerprint density at radius 2 is 2.18 bits per heavy atom. The molecule has 1 aromatic carbocycles. The van der Waals surface area contributed by atoms with Crippen LogP contribution in [0.5, 0.6) is 0 Å². The second-order valence-electron chi connectivity index (χ2n) is 5.70. The van der Waals surface area contributed by atoms with Gasteiger partial charge in [-0.3, -0.25) is 9.69 Å². The van der Waals surface area contributed by atoms with E-state index in [1.165, 1.54) is 0 Å². The van der Waals surface area contributed by atoms with Gasteiger partial charge >= 0.3 is 0 Å². The number of benzene rings is 1. The first-order chi connectivity index (χ1) is 10.6. The van der Waals surface area contributed by atoms with Crippen LogP contribution >= 0.6 is 0 Å². The highest BCUT2D eigenvalue weighted by Gasteiger charge is 2.36. The lowest BCUT2D eigenvalue weighted by molar-refractivity contribution is -0.122. The Morgan fingerprint density at radius 3 is 2.91 bits per heavy atom. The number of aromatic nitrogens is 2. The zero-order valence-corrected chi connectivity index (χ0v) is 12.4. The summed E-state index contributed by atoms with van der Waals surface area (Å²) in [5, 5.41) is 4.36. The van der Waals surface area contributed by atoms with Crippen molar-refractivity contribution >= 4 is 5.91 Å². The molecule has 5 nitrogen and oxygen atoms in total. The van der Waals surface area contributed by atoms with Crippen molar-refractivity contribution in [3.8, 4) is 5.69 Å². The molecule has 1 aromatic heterocycles. The summed E-state index contributed by atoms with van der Waals surface area (Å²) in [6.07, 6.45) is 0.880. The van der Waals surface area contributed by atoms with Crippen LogP contribution < -0.4 is 5.73 Å². The third-order valence-corrected chi connectivity index (χ3v) is 4.11. The van der Waals surface area contributed by atoms with E-state index in [9.17, 15) is 9.18 Å². The van der Waals surface area contributed by atoms with Gasteiger partial charge in [0.2, 0.25) is 5.91 Å². The van der Waals surface area contributed by atoms with Crippen molar-refractivity contribution in [1.82, 2.24) is 14.7 Å². The van der Waals surface area contributed by atoms with Crippen molar-refractivity contribution in [2.24, 2.45) is 5.73 Å². The number of hydrogen-bond acceptors (Lipinski definition) is 3. The third kappa shape index (κ3) is 2.74. The number of carbonyl (C=O) groups excluding carboxylic acids is 1. The Hall–Kier alpha value is -2.21. The third-order valence-electron chi connectivity index (χ3n) is 4.11. The number of likely N-dealkylation sites (tertiary alicyclic amines) is 1. The molecule has 0 spiro atoms. The lowest BCUT2D eigenvalue weighted by atomic mass is 10.2. The SMILES string of the molecule is Cc1ccccc1-n1nccc1CN1C[C@H](F)C[C@H]1C(N)=O. The Kier molecular flexibility index (Phi) is 3.94. The van der Waals surface area contributed by atoms with Crippen LogP contribution in [0, 0.1) is 6.92 Å². The van der Waals surface area contributed by atoms with Gasteiger partial charge in [0.05, 0.1) is 17.4 Å². The standard InChI is InChI=1S/C16H19FN4O/c1-11-4-2-3-5-14(11)21-13(6-7-19-21)10-20-9-12(17)8-15(20)16(18)22/h2-7,12,15H,8-10H2,1H3,(H2,18,22)/t12-,15+/m1/s1. The van der Waals surface area contributed by atoms with E-state index in [-0.39, 0.29) is 13.0 Å². The van der Waals surface area contributed by atoms with E-state index < -0.39 is 18.1 Å². The summed E-state index contributed by atoms with van der Waals surface area (Å²) in [7, 11) is 0. The molecule has 3 rings (SSSR count). The number of nitrogens with zero attached hydrogens (tertiary/aromatic N) is 3. The molecule has 22 heavy (non-hydrogen) atoms. The number of hydrogen-bond donors (Lipinski definition) is 1. The largest absolute Gasteiger partial charge is 0.368 e. The lowest BCUT2D eigenvalue weighted by Gasteiger charge is -2.22. The van der Waals surface area contributed by atoms with Crippen LogP contribution in [0.1, 0.15) is 17.7 Å². The van der Waals surface area contributed by atoms with Crippen LogP contribution in [0.4, 0.5) is 4.39 Å². The highest BCUT2D eigenvalue weighted by molar-refractivity contribution is 5.80. The average Bonchev–Trinajstić information content (AvgIpc) is 3.07. The summed E-state index contributed by atoms with van der Waals surface area (Å²) in [5.41, 5.74) is 8.38. The van der Waals surface area contributed by atoms with Gasteiger partial charge < -0.3 is 5.73 Å². The van der Waals surface area contributed by atoms with Crippen molar-refractivity contribution in [2.75, 3.05) is 6.54 Å². The molecule has 116 valence electrons. The molecule has 1 saturated heterocycles. The number of primary amides is 1. The van der Waals surface area contributed by atoms with E-state index in [0.29, 0.717) is 6.54 Å². The van der Waals surface area contributed by atoms with Crippen LogP contribution in [0.15, 0.2) is 36.5 Å². The lowest BCUT2D eigenvalue weighted by Crippen LogP contribution is -2.40. The fourth-order valence-corrected chi connectivity index (χ4v) is 2.99. The second-order valence-corrected chi connectivity index (χ2v) is 5.70. The fraction of sp³-hybridized carbons (Fsp3) is 0.375. The zero-order valence-electron chi connectivity index (χ0n) is 12.4. The van der Waals surface area contributed by atoms with Gasteiger partial charge in [-0.25, -0.2) is 9.07 Å². The maximum absolute atomic E-state index is 13.6. The summed E-state index contributed by atoms with van der Waals surface area (Å²) < 4.78 is 15.5. The molecule has 2 aromatic rings. The van der Waals surface area contributed by atoms with E-state index in [0.717, 1.165) is 16.9 Å².